The fraction of sp³-hybridized carbons (Fsp3) is 0.321. The molecule has 4 aromatic carbocycles. The van der Waals surface area contributed by atoms with E-state index in [2.05, 4.69) is 56.7 Å². The van der Waals surface area contributed by atoms with Crippen molar-refractivity contribution in [2.75, 3.05) is 77.9 Å². The van der Waals surface area contributed by atoms with Crippen molar-refractivity contribution in [2.24, 2.45) is 26.0 Å². The fourth-order valence-corrected chi connectivity index (χ4v) is 12.4. The van der Waals surface area contributed by atoms with Crippen LogP contribution in [0.4, 0.5) is 0 Å². The number of hydrogen-bond donors (Lipinski definition) is 0. The van der Waals surface area contributed by atoms with Crippen LogP contribution in [0.5, 0.6) is 0 Å². The Balaban J connectivity index is 1.68. The summed E-state index contributed by atoms with van der Waals surface area (Å²) in [5, 5.41) is 10.1. The van der Waals surface area contributed by atoms with Gasteiger partial charge in [0.25, 0.3) is 0 Å². The molecule has 32 nitrogen and oxygen atoms in total. The molecule has 40 heteroatoms. The van der Waals surface area contributed by atoms with Gasteiger partial charge in [-0.3, -0.25) is 36.3 Å². The highest BCUT2D eigenvalue weighted by molar-refractivity contribution is 8.17. The predicted octanol–water partition coefficient (Wildman–Crippen LogP) is 3.21. The van der Waals surface area contributed by atoms with Crippen LogP contribution in [-0.4, -0.2) is 179 Å². The highest BCUT2D eigenvalue weighted by atomic mass is 32.2. The van der Waals surface area contributed by atoms with Crippen LogP contribution in [0, 0.1) is 5.41 Å². The van der Waals surface area contributed by atoms with Gasteiger partial charge in [0.2, 0.25) is 20.2 Å². The molecule has 0 aliphatic carbocycles. The number of ether oxygens (including phenoxy) is 8. The summed E-state index contributed by atoms with van der Waals surface area (Å²) in [6.45, 7) is -4.48. The topological polar surface area (TPSA) is 433 Å². The SMILES string of the molecule is COC(=O)/C(=N/OS(=O)(=O)Cc1ccccc1)SCC(=O)OCC(COC(=O)CS/C(=N\OS(=O)(=O)Cc1ccccc1)C(=O)OC)(COC(=O)CS/C(=N\OS(=O)(=O)Cc1ccccc1)C(=O)OC)COC(=O)CS/C(=N\OS(=O)(=O)Cc1ccccc1)C(=O)OC. The summed E-state index contributed by atoms with van der Waals surface area (Å²) in [7, 11) is -14.5. The molecule has 0 fully saturated rings. The number of esters is 8. The van der Waals surface area contributed by atoms with Gasteiger partial charge in [-0.05, 0) is 22.3 Å². The van der Waals surface area contributed by atoms with E-state index in [9.17, 15) is 72.0 Å². The second kappa shape index (κ2) is 38.7. The predicted molar refractivity (Wildman–Crippen MR) is 335 cm³/mol. The normalized spacial score (nSPS) is 12.4. The summed E-state index contributed by atoms with van der Waals surface area (Å²) < 4.78 is 161. The Bertz CT molecular complexity index is 3330. The molecule has 0 saturated heterocycles. The molecule has 0 unspecified atom stereocenters. The Morgan fingerprint density at radius 2 is 0.505 bits per heavy atom. The average Bonchev–Trinajstić information content (AvgIpc) is 1.67. The first-order chi connectivity index (χ1) is 44.1. The first-order valence-corrected chi connectivity index (χ1v) is 35.9. The van der Waals surface area contributed by atoms with Crippen LogP contribution in [-0.2, 0) is 157 Å². The second-order valence-electron chi connectivity index (χ2n) is 17.9. The maximum absolute atomic E-state index is 13.6. The minimum atomic E-state index is -4.52. The lowest BCUT2D eigenvalue weighted by atomic mass is 9.92. The van der Waals surface area contributed by atoms with Crippen LogP contribution < -0.4 is 0 Å². The molecule has 504 valence electrons. The van der Waals surface area contributed by atoms with Crippen molar-refractivity contribution in [3.63, 3.8) is 0 Å². The molecule has 0 heterocycles. The molecule has 0 N–H and O–H groups in total. The molecular weight excluding hydrogens is 1400 g/mol. The Hall–Kier alpha value is -8.28. The van der Waals surface area contributed by atoms with Crippen molar-refractivity contribution in [3.8, 4) is 0 Å². The molecule has 4 aromatic rings. The number of methoxy groups -OCH3 is 4. The molecule has 4 rings (SSSR count). The molecule has 0 spiro atoms. The Morgan fingerprint density at radius 3 is 0.677 bits per heavy atom. The number of rotatable bonds is 32. The molecule has 0 bridgehead atoms. The molecular formula is C53H56N4O28S8. The van der Waals surface area contributed by atoms with Crippen LogP contribution in [0.1, 0.15) is 22.3 Å². The van der Waals surface area contributed by atoms with E-state index in [4.69, 9.17) is 18.9 Å². The number of thioether (sulfide) groups is 4. The lowest BCUT2D eigenvalue weighted by Gasteiger charge is -2.31. The second-order valence-corrected chi connectivity index (χ2v) is 28.0. The van der Waals surface area contributed by atoms with Gasteiger partial charge in [-0.25, -0.2) is 19.2 Å². The lowest BCUT2D eigenvalue weighted by molar-refractivity contribution is -0.167. The highest BCUT2D eigenvalue weighted by Gasteiger charge is 2.39. The van der Waals surface area contributed by atoms with Gasteiger partial charge in [-0.1, -0.05) is 189 Å². The maximum Gasteiger partial charge on any atom is 0.366 e. The van der Waals surface area contributed by atoms with Crippen molar-refractivity contribution in [1.29, 1.82) is 0 Å². The summed E-state index contributed by atoms with van der Waals surface area (Å²) in [6, 6.07) is 30.5. The lowest BCUT2D eigenvalue weighted by Crippen LogP contribution is -2.44. The number of carbonyl (C=O) groups is 8. The molecule has 0 aromatic heterocycles. The third-order valence-corrected chi connectivity index (χ3v) is 18.1. The number of hydrogen-bond acceptors (Lipinski definition) is 36. The van der Waals surface area contributed by atoms with E-state index in [1.54, 1.807) is 72.8 Å². The minimum Gasteiger partial charge on any atom is -0.464 e. The quantitative estimate of drug-likeness (QED) is 0.0223. The van der Waals surface area contributed by atoms with Gasteiger partial charge in [0.05, 0.1) is 51.5 Å². The fourth-order valence-electron chi connectivity index (χ4n) is 6.28. The van der Waals surface area contributed by atoms with E-state index in [1.165, 1.54) is 48.5 Å². The van der Waals surface area contributed by atoms with E-state index in [-0.39, 0.29) is 69.3 Å². The summed E-state index contributed by atoms with van der Waals surface area (Å²) in [4.78, 5) is 105. The van der Waals surface area contributed by atoms with Gasteiger partial charge < -0.3 is 37.9 Å². The van der Waals surface area contributed by atoms with Crippen molar-refractivity contribution in [2.45, 2.75) is 23.0 Å². The monoisotopic (exact) mass is 1450 g/mol. The molecule has 0 saturated carbocycles. The Labute approximate surface area is 549 Å². The zero-order chi connectivity index (χ0) is 68.5. The molecule has 93 heavy (non-hydrogen) atoms. The van der Waals surface area contributed by atoms with E-state index < -0.39 is 186 Å². The smallest absolute Gasteiger partial charge is 0.366 e. The van der Waals surface area contributed by atoms with Crippen LogP contribution in [0.25, 0.3) is 0 Å². The van der Waals surface area contributed by atoms with Crippen molar-refractivity contribution >= 4 is 155 Å². The Morgan fingerprint density at radius 1 is 0.323 bits per heavy atom. The van der Waals surface area contributed by atoms with E-state index >= 15 is 0 Å². The van der Waals surface area contributed by atoms with Crippen molar-refractivity contribution in [3.05, 3.63) is 144 Å². The molecule has 0 aliphatic heterocycles. The molecule has 0 atom stereocenters. The van der Waals surface area contributed by atoms with E-state index in [0.29, 0.717) is 0 Å². The minimum absolute atomic E-state index is 0.228. The number of carbonyl (C=O) groups excluding carboxylic acids is 8. The molecule has 0 aliphatic rings. The summed E-state index contributed by atoms with van der Waals surface area (Å²) in [5.41, 5.74) is -1.20. The van der Waals surface area contributed by atoms with Gasteiger partial charge in [-0.2, -0.15) is 33.7 Å². The summed E-state index contributed by atoms with van der Waals surface area (Å²) in [6.07, 6.45) is 0. The van der Waals surface area contributed by atoms with Crippen LogP contribution in [0.2, 0.25) is 0 Å². The molecule has 0 radical (unpaired) electrons. The van der Waals surface area contributed by atoms with Gasteiger partial charge in [0.1, 0.15) is 54.9 Å². The third kappa shape index (κ3) is 30.4. The summed E-state index contributed by atoms with van der Waals surface area (Å²) >= 11 is 0.912. The largest absolute Gasteiger partial charge is 0.464 e. The average molecular weight is 1450 g/mol. The first kappa shape index (κ1) is 77.2. The zero-order valence-electron chi connectivity index (χ0n) is 49.0. The Kier molecular flexibility index (Phi) is 32.1. The zero-order valence-corrected chi connectivity index (χ0v) is 55.6. The maximum atomic E-state index is 13.6. The summed E-state index contributed by atoms with van der Waals surface area (Å²) in [5.74, 6) is -16.9. The van der Waals surface area contributed by atoms with Crippen molar-refractivity contribution < 1.29 is 127 Å². The van der Waals surface area contributed by atoms with E-state index in [0.717, 1.165) is 28.4 Å². The van der Waals surface area contributed by atoms with Gasteiger partial charge >= 0.3 is 88.2 Å². The van der Waals surface area contributed by atoms with Gasteiger partial charge in [0, 0.05) is 0 Å². The molecule has 0 amide bonds. The standard InChI is InChI=1S/C53H56N4O28S8/c1-74-49(62)45(54-82-90(66,67)29-37-17-9-5-10-18-37)86-25-41(58)78-33-53(34-79-42(59)26-87-46(50(63)75-2)55-83-91(68,69)30-38-19-11-6-12-20-38,35-80-43(60)27-88-47(51(64)76-3)56-84-92(70,71)31-39-21-13-7-14-22-39)36-81-44(61)28-89-48(52(65)77-4)57-85-93(72,73)32-40-23-15-8-16-24-40/h5-24H,25-36H2,1-4H3/b54-45-,55-46-,56-47-,57-48-. The van der Waals surface area contributed by atoms with Crippen molar-refractivity contribution in [1.82, 2.24) is 0 Å². The number of oxime groups is 4. The third-order valence-electron chi connectivity index (χ3n) is 10.6. The number of nitrogens with zero attached hydrogens (tertiary/aromatic N) is 4. The first-order valence-electron chi connectivity index (χ1n) is 25.7. The van der Waals surface area contributed by atoms with Crippen LogP contribution >= 0.6 is 47.0 Å². The highest BCUT2D eigenvalue weighted by Crippen LogP contribution is 2.25. The van der Waals surface area contributed by atoms with Crippen LogP contribution in [0.15, 0.2) is 142 Å². The van der Waals surface area contributed by atoms with Crippen LogP contribution in [0.3, 0.4) is 0 Å². The van der Waals surface area contributed by atoms with E-state index in [1.807, 2.05) is 0 Å². The van der Waals surface area contributed by atoms with Gasteiger partial charge in [-0.15, -0.1) is 0 Å². The number of benzene rings is 4. The van der Waals surface area contributed by atoms with Gasteiger partial charge in [0.15, 0.2) is 0 Å².